The summed E-state index contributed by atoms with van der Waals surface area (Å²) in [7, 11) is 2.81. The van der Waals surface area contributed by atoms with Crippen molar-refractivity contribution in [3.63, 3.8) is 0 Å². The molecular weight excluding hydrogens is 472 g/mol. The Kier molecular flexibility index (Phi) is 8.02. The van der Waals surface area contributed by atoms with E-state index in [1.165, 1.54) is 33.0 Å². The Morgan fingerprint density at radius 2 is 1.74 bits per heavy atom. The van der Waals surface area contributed by atoms with Crippen molar-refractivity contribution in [3.8, 4) is 17.2 Å². The second kappa shape index (κ2) is 11.0. The van der Waals surface area contributed by atoms with E-state index in [9.17, 15) is 19.5 Å². The number of amidine groups is 1. The first kappa shape index (κ1) is 25.6. The maximum atomic E-state index is 13.4. The van der Waals surface area contributed by atoms with E-state index in [4.69, 9.17) is 15.2 Å². The number of hydrogen-bond donors (Lipinski definition) is 3. The van der Waals surface area contributed by atoms with Gasteiger partial charge in [-0.25, -0.2) is 4.99 Å². The number of nitrogens with zero attached hydrogens (tertiary/aromatic N) is 2. The Morgan fingerprint density at radius 3 is 2.29 bits per heavy atom. The molecule has 11 heteroatoms. The first-order valence-electron chi connectivity index (χ1n) is 10.6. The van der Waals surface area contributed by atoms with Crippen molar-refractivity contribution in [2.75, 3.05) is 14.2 Å². The SMILES string of the molecule is COc1cc(C=C2SC(=Nc3ccccc3)N([C@@H](C)C(=O)N[C@@H](C)C(N)=O)C2=O)cc(OC)c1O. The van der Waals surface area contributed by atoms with Gasteiger partial charge in [0.15, 0.2) is 16.7 Å². The first-order chi connectivity index (χ1) is 16.7. The summed E-state index contributed by atoms with van der Waals surface area (Å²) < 4.78 is 10.4. The summed E-state index contributed by atoms with van der Waals surface area (Å²) in [5.41, 5.74) is 6.38. The van der Waals surface area contributed by atoms with Gasteiger partial charge >= 0.3 is 0 Å². The van der Waals surface area contributed by atoms with Crippen LogP contribution in [0.15, 0.2) is 52.4 Å². The molecule has 4 N–H and O–H groups in total. The molecule has 1 saturated heterocycles. The summed E-state index contributed by atoms with van der Waals surface area (Å²) in [6, 6.07) is 10.2. The Bertz CT molecular complexity index is 1170. The monoisotopic (exact) mass is 498 g/mol. The average molecular weight is 499 g/mol. The van der Waals surface area contributed by atoms with E-state index in [0.29, 0.717) is 16.4 Å². The molecule has 3 rings (SSSR count). The molecule has 2 atom stereocenters. The number of hydrogen-bond acceptors (Lipinski definition) is 8. The zero-order chi connectivity index (χ0) is 25.7. The number of primary amides is 1. The van der Waals surface area contributed by atoms with E-state index in [1.807, 2.05) is 18.2 Å². The van der Waals surface area contributed by atoms with Crippen LogP contribution < -0.4 is 20.5 Å². The summed E-state index contributed by atoms with van der Waals surface area (Å²) in [5, 5.41) is 13.0. The van der Waals surface area contributed by atoms with E-state index in [1.54, 1.807) is 30.3 Å². The highest BCUT2D eigenvalue weighted by Gasteiger charge is 2.40. The van der Waals surface area contributed by atoms with Gasteiger partial charge < -0.3 is 25.6 Å². The number of methoxy groups -OCH3 is 2. The number of carbonyl (C=O) groups excluding carboxylic acids is 3. The molecule has 0 unspecified atom stereocenters. The Labute approximate surface area is 206 Å². The number of thioether (sulfide) groups is 1. The largest absolute Gasteiger partial charge is 0.502 e. The molecule has 3 amide bonds. The molecule has 1 aliphatic heterocycles. The molecule has 1 fully saturated rings. The smallest absolute Gasteiger partial charge is 0.267 e. The van der Waals surface area contributed by atoms with Gasteiger partial charge in [-0.1, -0.05) is 18.2 Å². The van der Waals surface area contributed by atoms with Crippen molar-refractivity contribution < 1.29 is 29.0 Å². The molecule has 2 aromatic rings. The Balaban J connectivity index is 2.02. The van der Waals surface area contributed by atoms with Crippen LogP contribution in [-0.4, -0.2) is 59.2 Å². The van der Waals surface area contributed by atoms with E-state index in [0.717, 1.165) is 11.8 Å². The number of benzene rings is 2. The van der Waals surface area contributed by atoms with Crippen molar-refractivity contribution in [3.05, 3.63) is 52.9 Å². The summed E-state index contributed by atoms with van der Waals surface area (Å²) in [4.78, 5) is 43.7. The third kappa shape index (κ3) is 5.75. The molecule has 0 aliphatic carbocycles. The van der Waals surface area contributed by atoms with Crippen LogP contribution in [0.3, 0.4) is 0 Å². The average Bonchev–Trinajstić information content (AvgIpc) is 3.13. The molecule has 10 nitrogen and oxygen atoms in total. The lowest BCUT2D eigenvalue weighted by Crippen LogP contribution is -2.52. The normalized spacial score (nSPS) is 17.4. The van der Waals surface area contributed by atoms with Crippen molar-refractivity contribution in [1.82, 2.24) is 10.2 Å². The number of para-hydroxylation sites is 1. The second-order valence-electron chi connectivity index (χ2n) is 7.60. The van der Waals surface area contributed by atoms with Gasteiger partial charge in [0.25, 0.3) is 5.91 Å². The second-order valence-corrected chi connectivity index (χ2v) is 8.61. The van der Waals surface area contributed by atoms with Crippen LogP contribution in [-0.2, 0) is 14.4 Å². The zero-order valence-corrected chi connectivity index (χ0v) is 20.5. The quantitative estimate of drug-likeness (QED) is 0.474. The molecule has 1 aliphatic rings. The topological polar surface area (TPSA) is 144 Å². The van der Waals surface area contributed by atoms with E-state index < -0.39 is 29.8 Å². The summed E-state index contributed by atoms with van der Waals surface area (Å²) in [6.45, 7) is 3.00. The minimum absolute atomic E-state index is 0.163. The number of phenolic OH excluding ortho intramolecular Hbond substituents is 1. The molecule has 1 heterocycles. The van der Waals surface area contributed by atoms with Crippen LogP contribution in [0.5, 0.6) is 17.2 Å². The molecule has 0 radical (unpaired) electrons. The standard InChI is InChI=1S/C24H26N4O6S/c1-13(21(25)30)26-22(31)14(2)28-23(32)19(35-24(28)27-16-8-6-5-7-9-16)12-15-10-17(33-3)20(29)18(11-15)34-4/h5-14,29H,1-4H3,(H2,25,30)(H,26,31)/t13-,14-/m0/s1. The van der Waals surface area contributed by atoms with Crippen molar-refractivity contribution in [2.45, 2.75) is 25.9 Å². The van der Waals surface area contributed by atoms with E-state index in [-0.39, 0.29) is 22.2 Å². The van der Waals surface area contributed by atoms with Gasteiger partial charge in [0.1, 0.15) is 12.1 Å². The number of nitrogens with two attached hydrogens (primary N) is 1. The number of phenols is 1. The van der Waals surface area contributed by atoms with Gasteiger partial charge in [-0.3, -0.25) is 19.3 Å². The van der Waals surface area contributed by atoms with Gasteiger partial charge in [-0.05, 0) is 61.5 Å². The van der Waals surface area contributed by atoms with Crippen molar-refractivity contribution in [1.29, 1.82) is 0 Å². The molecule has 0 aromatic heterocycles. The lowest BCUT2D eigenvalue weighted by molar-refractivity contribution is -0.133. The van der Waals surface area contributed by atoms with Gasteiger partial charge in [-0.2, -0.15) is 0 Å². The minimum Gasteiger partial charge on any atom is -0.502 e. The molecule has 0 bridgehead atoms. The fourth-order valence-electron chi connectivity index (χ4n) is 3.19. The number of aromatic hydroxyl groups is 1. The van der Waals surface area contributed by atoms with Gasteiger partial charge in [0.05, 0.1) is 24.8 Å². The third-order valence-corrected chi connectivity index (χ3v) is 6.15. The van der Waals surface area contributed by atoms with E-state index >= 15 is 0 Å². The van der Waals surface area contributed by atoms with Gasteiger partial charge in [0, 0.05) is 0 Å². The molecule has 0 saturated carbocycles. The van der Waals surface area contributed by atoms with Crippen LogP contribution in [0, 0.1) is 0 Å². The molecule has 2 aromatic carbocycles. The van der Waals surface area contributed by atoms with Crippen LogP contribution >= 0.6 is 11.8 Å². The summed E-state index contributed by atoms with van der Waals surface area (Å²) in [5.74, 6) is -1.51. The van der Waals surface area contributed by atoms with Gasteiger partial charge in [-0.15, -0.1) is 0 Å². The molecular formula is C24H26N4O6S. The molecule has 35 heavy (non-hydrogen) atoms. The fourth-order valence-corrected chi connectivity index (χ4v) is 4.26. The third-order valence-electron chi connectivity index (χ3n) is 5.17. The highest BCUT2D eigenvalue weighted by Crippen LogP contribution is 2.40. The maximum Gasteiger partial charge on any atom is 0.267 e. The molecule has 184 valence electrons. The zero-order valence-electron chi connectivity index (χ0n) is 19.6. The number of rotatable bonds is 8. The highest BCUT2D eigenvalue weighted by atomic mass is 32.2. The number of carbonyl (C=O) groups is 3. The predicted octanol–water partition coefficient (Wildman–Crippen LogP) is 2.39. The van der Waals surface area contributed by atoms with E-state index in [2.05, 4.69) is 10.3 Å². The maximum absolute atomic E-state index is 13.4. The summed E-state index contributed by atoms with van der Waals surface area (Å²) in [6.07, 6.45) is 1.59. The fraction of sp³-hybridized carbons (Fsp3) is 0.250. The number of aliphatic imine (C=N–C) groups is 1. The Morgan fingerprint density at radius 1 is 1.14 bits per heavy atom. The minimum atomic E-state index is -0.978. The number of ether oxygens (including phenoxy) is 2. The van der Waals surface area contributed by atoms with Gasteiger partial charge in [0.2, 0.25) is 17.6 Å². The first-order valence-corrected chi connectivity index (χ1v) is 11.4. The predicted molar refractivity (Wildman–Crippen MR) is 133 cm³/mol. The Hall–Kier alpha value is -3.99. The van der Waals surface area contributed by atoms with Crippen LogP contribution in [0.4, 0.5) is 5.69 Å². The lowest BCUT2D eigenvalue weighted by Gasteiger charge is -2.24. The van der Waals surface area contributed by atoms with Crippen LogP contribution in [0.1, 0.15) is 19.4 Å². The highest BCUT2D eigenvalue weighted by molar-refractivity contribution is 8.18. The summed E-state index contributed by atoms with van der Waals surface area (Å²) >= 11 is 1.09. The van der Waals surface area contributed by atoms with Crippen molar-refractivity contribution in [2.24, 2.45) is 10.7 Å². The van der Waals surface area contributed by atoms with Crippen LogP contribution in [0.2, 0.25) is 0 Å². The van der Waals surface area contributed by atoms with Crippen molar-refractivity contribution >= 4 is 46.4 Å². The van der Waals surface area contributed by atoms with Crippen LogP contribution in [0.25, 0.3) is 6.08 Å². The molecule has 0 spiro atoms. The number of amides is 3. The lowest BCUT2D eigenvalue weighted by atomic mass is 10.1. The number of nitrogens with one attached hydrogen (secondary N) is 1.